The number of methoxy groups -OCH3 is 3. The van der Waals surface area contributed by atoms with E-state index in [-0.39, 0.29) is 16.4 Å². The molecule has 0 radical (unpaired) electrons. The van der Waals surface area contributed by atoms with Crippen LogP contribution in [0.3, 0.4) is 0 Å². The molecule has 3 aromatic carbocycles. The number of epoxide rings is 1. The maximum absolute atomic E-state index is 13.5. The highest BCUT2D eigenvalue weighted by atomic mass is 16.6. The number of benzene rings is 3. The van der Waals surface area contributed by atoms with Gasteiger partial charge in [-0.15, -0.1) is 0 Å². The first-order valence-electron chi connectivity index (χ1n) is 15.4. The monoisotopic (exact) mass is 638 g/mol. The molecule has 0 spiro atoms. The topological polar surface area (TPSA) is 130 Å². The highest BCUT2D eigenvalue weighted by Gasteiger charge is 2.58. The van der Waals surface area contributed by atoms with E-state index in [0.717, 1.165) is 16.9 Å². The van der Waals surface area contributed by atoms with E-state index in [4.69, 9.17) is 32.5 Å². The number of hydrogen-bond donors (Lipinski definition) is 1. The van der Waals surface area contributed by atoms with E-state index in [9.17, 15) is 14.7 Å². The van der Waals surface area contributed by atoms with Crippen molar-refractivity contribution in [1.82, 2.24) is 0 Å². The lowest BCUT2D eigenvalue weighted by Gasteiger charge is -2.28. The van der Waals surface area contributed by atoms with Crippen LogP contribution in [0.25, 0.3) is 11.0 Å². The van der Waals surface area contributed by atoms with Gasteiger partial charge in [0.15, 0.2) is 28.5 Å². The Morgan fingerprint density at radius 2 is 1.36 bits per heavy atom. The summed E-state index contributed by atoms with van der Waals surface area (Å²) < 4.78 is 40.4. The molecule has 5 aromatic rings. The number of aliphatic hydroxyl groups is 1. The minimum absolute atomic E-state index is 0.118. The third-order valence-electron chi connectivity index (χ3n) is 8.73. The third-order valence-corrected chi connectivity index (χ3v) is 8.73. The third kappa shape index (κ3) is 6.09. The second kappa shape index (κ2) is 12.6. The maximum atomic E-state index is 13.5. The van der Waals surface area contributed by atoms with Crippen LogP contribution in [-0.4, -0.2) is 38.6 Å². The van der Waals surface area contributed by atoms with Crippen LogP contribution in [-0.2, 0) is 30.4 Å². The van der Waals surface area contributed by atoms with E-state index in [1.54, 1.807) is 38.5 Å². The predicted octanol–water partition coefficient (Wildman–Crippen LogP) is 5.28. The van der Waals surface area contributed by atoms with E-state index in [0.29, 0.717) is 71.2 Å². The van der Waals surface area contributed by atoms with Gasteiger partial charge in [-0.1, -0.05) is 18.2 Å². The van der Waals surface area contributed by atoms with E-state index in [1.807, 2.05) is 36.4 Å². The zero-order chi connectivity index (χ0) is 32.7. The van der Waals surface area contributed by atoms with Crippen molar-refractivity contribution in [3.63, 3.8) is 0 Å². The zero-order valence-electron chi connectivity index (χ0n) is 26.2. The van der Waals surface area contributed by atoms with Crippen LogP contribution in [0.2, 0.25) is 0 Å². The molecule has 7 rings (SSSR count). The molecule has 1 saturated heterocycles. The standard InChI is InChI=1S/C37H34O10/c1-41-22-9-4-20(5-10-22)6-11-25-18-28(39)32-34(33(40)36-37(47-36)35(32)45-25)46-29-15-8-21(16-31(29)43-3)7-12-24-17-27(38)26-14-13-23(42-2)19-30(26)44-24/h4-5,8-10,13-19,33-34,36-37,40H,6-7,11-12H2,1-3H3/t33-,34-,36-,37+/m1/s1. The molecule has 3 heterocycles. The summed E-state index contributed by atoms with van der Waals surface area (Å²) in [5.41, 5.74) is 2.32. The minimum Gasteiger partial charge on any atom is -0.497 e. The van der Waals surface area contributed by atoms with Crippen molar-refractivity contribution in [2.45, 2.75) is 50.1 Å². The molecule has 10 nitrogen and oxygen atoms in total. The lowest BCUT2D eigenvalue weighted by Crippen LogP contribution is -2.36. The highest BCUT2D eigenvalue weighted by molar-refractivity contribution is 5.78. The molecule has 47 heavy (non-hydrogen) atoms. The fourth-order valence-electron chi connectivity index (χ4n) is 6.12. The predicted molar refractivity (Wildman–Crippen MR) is 172 cm³/mol. The number of fused-ring (bicyclic) bond motifs is 4. The van der Waals surface area contributed by atoms with E-state index in [2.05, 4.69) is 0 Å². The second-order valence-corrected chi connectivity index (χ2v) is 11.7. The van der Waals surface area contributed by atoms with Gasteiger partial charge < -0.3 is 37.6 Å². The van der Waals surface area contributed by atoms with Crippen molar-refractivity contribution in [3.05, 3.63) is 127 Å². The Labute approximate surface area is 270 Å². The molecule has 1 N–H and O–H groups in total. The summed E-state index contributed by atoms with van der Waals surface area (Å²) in [6, 6.07) is 21.3. The van der Waals surface area contributed by atoms with Crippen LogP contribution in [0.5, 0.6) is 23.0 Å². The van der Waals surface area contributed by atoms with Crippen molar-refractivity contribution in [3.8, 4) is 23.0 Å². The zero-order valence-corrected chi connectivity index (χ0v) is 26.2. The number of aliphatic hydroxyl groups excluding tert-OH is 1. The number of ether oxygens (including phenoxy) is 5. The van der Waals surface area contributed by atoms with E-state index >= 15 is 0 Å². The van der Waals surface area contributed by atoms with Gasteiger partial charge in [0.1, 0.15) is 52.7 Å². The van der Waals surface area contributed by atoms with Crippen LogP contribution in [0.4, 0.5) is 0 Å². The summed E-state index contributed by atoms with van der Waals surface area (Å²) in [6.45, 7) is 0. The molecule has 0 bridgehead atoms. The SMILES string of the molecule is COc1ccc(CCc2cc(=O)c3c(o2)[C@@H]2O[C@@H]2[C@H](O)[C@@H]3Oc2ccc(CCc3cc(=O)c4ccc(OC)cc4o3)cc2OC)cc1. The van der Waals surface area contributed by atoms with Crippen LogP contribution >= 0.6 is 0 Å². The molecule has 0 saturated carbocycles. The molecule has 2 aromatic heterocycles. The van der Waals surface area contributed by atoms with Gasteiger partial charge in [-0.2, -0.15) is 0 Å². The molecule has 0 amide bonds. The number of rotatable bonds is 11. The molecule has 0 unspecified atom stereocenters. The second-order valence-electron chi connectivity index (χ2n) is 11.7. The molecule has 1 fully saturated rings. The molecule has 2 aliphatic rings. The Morgan fingerprint density at radius 1 is 0.681 bits per heavy atom. The quantitative estimate of drug-likeness (QED) is 0.191. The molecule has 1 aliphatic carbocycles. The smallest absolute Gasteiger partial charge is 0.192 e. The van der Waals surface area contributed by atoms with Crippen molar-refractivity contribution >= 4 is 11.0 Å². The minimum atomic E-state index is -1.07. The van der Waals surface area contributed by atoms with Gasteiger partial charge in [0.25, 0.3) is 0 Å². The summed E-state index contributed by atoms with van der Waals surface area (Å²) in [7, 11) is 4.71. The first-order valence-corrected chi connectivity index (χ1v) is 15.4. The average molecular weight is 639 g/mol. The largest absolute Gasteiger partial charge is 0.497 e. The molecule has 10 heteroatoms. The fourth-order valence-corrected chi connectivity index (χ4v) is 6.12. The molecule has 242 valence electrons. The Bertz CT molecular complexity index is 2040. The van der Waals surface area contributed by atoms with Crippen LogP contribution in [0.1, 0.15) is 46.2 Å². The van der Waals surface area contributed by atoms with Crippen LogP contribution in [0, 0.1) is 0 Å². The fraction of sp³-hybridized carbons (Fsp3) is 0.297. The van der Waals surface area contributed by atoms with Crippen molar-refractivity contribution in [2.24, 2.45) is 0 Å². The van der Waals surface area contributed by atoms with Crippen molar-refractivity contribution in [1.29, 1.82) is 0 Å². The van der Waals surface area contributed by atoms with Gasteiger partial charge in [-0.05, 0) is 60.4 Å². The van der Waals surface area contributed by atoms with Crippen LogP contribution in [0.15, 0.2) is 91.2 Å². The molecular formula is C37H34O10. The number of aryl methyl sites for hydroxylation is 4. The van der Waals surface area contributed by atoms with Gasteiger partial charge in [0.2, 0.25) is 0 Å². The highest BCUT2D eigenvalue weighted by Crippen LogP contribution is 2.51. The Balaban J connectivity index is 1.08. The van der Waals surface area contributed by atoms with E-state index in [1.165, 1.54) is 19.2 Å². The van der Waals surface area contributed by atoms with Crippen LogP contribution < -0.4 is 29.8 Å². The normalized spacial score (nSPS) is 19.5. The van der Waals surface area contributed by atoms with Gasteiger partial charge in [0.05, 0.1) is 32.3 Å². The molecule has 1 aliphatic heterocycles. The van der Waals surface area contributed by atoms with Gasteiger partial charge in [-0.3, -0.25) is 9.59 Å². The Kier molecular flexibility index (Phi) is 8.21. The lowest BCUT2D eigenvalue weighted by molar-refractivity contribution is 0.0117. The Hall–Kier alpha value is -5.06. The van der Waals surface area contributed by atoms with E-state index < -0.39 is 24.4 Å². The van der Waals surface area contributed by atoms with Crippen molar-refractivity contribution < 1.29 is 37.6 Å². The summed E-state index contributed by atoms with van der Waals surface area (Å²) in [5, 5.41) is 11.6. The summed E-state index contributed by atoms with van der Waals surface area (Å²) in [4.78, 5) is 26.1. The van der Waals surface area contributed by atoms with Gasteiger partial charge in [0, 0.05) is 31.0 Å². The first-order chi connectivity index (χ1) is 22.8. The van der Waals surface area contributed by atoms with Gasteiger partial charge >= 0.3 is 0 Å². The number of hydrogen-bond acceptors (Lipinski definition) is 10. The van der Waals surface area contributed by atoms with Crippen molar-refractivity contribution in [2.75, 3.05) is 21.3 Å². The lowest BCUT2D eigenvalue weighted by atomic mass is 9.91. The molecular weight excluding hydrogens is 604 g/mol. The average Bonchev–Trinajstić information content (AvgIpc) is 3.90. The molecule has 4 atom stereocenters. The first kappa shape index (κ1) is 30.6. The summed E-state index contributed by atoms with van der Waals surface area (Å²) >= 11 is 0. The summed E-state index contributed by atoms with van der Waals surface area (Å²) in [5.74, 6) is 3.66. The maximum Gasteiger partial charge on any atom is 0.192 e. The summed E-state index contributed by atoms with van der Waals surface area (Å²) in [6.07, 6.45) is -0.874. The Morgan fingerprint density at radius 3 is 2.11 bits per heavy atom. The van der Waals surface area contributed by atoms with Gasteiger partial charge in [-0.25, -0.2) is 0 Å².